The highest BCUT2D eigenvalue weighted by Crippen LogP contribution is 2.55. The van der Waals surface area contributed by atoms with E-state index < -0.39 is 16.0 Å². The maximum atomic E-state index is 13.6. The van der Waals surface area contributed by atoms with Crippen LogP contribution in [-0.2, 0) is 11.9 Å². The third kappa shape index (κ3) is 2.24. The first-order chi connectivity index (χ1) is 9.52. The van der Waals surface area contributed by atoms with Crippen molar-refractivity contribution in [3.63, 3.8) is 0 Å². The maximum absolute atomic E-state index is 13.6. The summed E-state index contributed by atoms with van der Waals surface area (Å²) in [7, 11) is -1.70. The van der Waals surface area contributed by atoms with Gasteiger partial charge in [-0.15, -0.1) is 13.2 Å². The Morgan fingerprint density at radius 1 is 1.20 bits per heavy atom. The molecule has 0 radical (unpaired) electrons. The van der Waals surface area contributed by atoms with Crippen LogP contribution in [-0.4, -0.2) is 0 Å². The van der Waals surface area contributed by atoms with E-state index in [1.807, 2.05) is 19.1 Å². The topological polar surface area (TPSA) is 0 Å². The number of fused-ring (bicyclic) bond motifs is 1. The largest absolute Gasteiger partial charge is 0.600 e. The number of halogens is 3. The Morgan fingerprint density at radius 2 is 1.90 bits per heavy atom. The van der Waals surface area contributed by atoms with Gasteiger partial charge in [0.05, 0.1) is 10.5 Å². The molecular formula is C16H18F3S+. The van der Waals surface area contributed by atoms with Crippen molar-refractivity contribution in [2.24, 2.45) is 0 Å². The van der Waals surface area contributed by atoms with Crippen LogP contribution in [0.15, 0.2) is 24.3 Å². The number of aryl methyl sites for hydroxylation is 1. The van der Waals surface area contributed by atoms with Crippen molar-refractivity contribution in [1.29, 1.82) is 0 Å². The standard InChI is InChI=1S/C16H18F3S/c1-2-11-8-5-9-14-13(11)10-15(12-6-3-4-7-12)20(14)16(17,18)19/h5,8-10,12H,2-4,6-7H2,1H3/q+1. The van der Waals surface area contributed by atoms with Crippen molar-refractivity contribution >= 4 is 20.6 Å². The molecule has 0 aliphatic heterocycles. The zero-order valence-corrected chi connectivity index (χ0v) is 12.3. The Labute approximate surface area is 119 Å². The molecule has 0 nitrogen and oxygen atoms in total. The summed E-state index contributed by atoms with van der Waals surface area (Å²) < 4.78 is 41.1. The SMILES string of the molecule is CCc1cccc2c1cc(C1CCCC1)[s+]2C(F)(F)F. The van der Waals surface area contributed by atoms with Gasteiger partial charge in [-0.25, -0.2) is 0 Å². The van der Waals surface area contributed by atoms with Gasteiger partial charge in [0.25, 0.3) is 0 Å². The molecule has 0 bridgehead atoms. The minimum atomic E-state index is -4.15. The molecule has 0 amide bonds. The molecule has 1 aromatic heterocycles. The minimum absolute atomic E-state index is 0.136. The highest BCUT2D eigenvalue weighted by atomic mass is 32.2. The third-order valence-electron chi connectivity index (χ3n) is 4.27. The van der Waals surface area contributed by atoms with Crippen molar-refractivity contribution in [2.45, 2.75) is 50.5 Å². The molecule has 0 spiro atoms. The third-order valence-corrected chi connectivity index (χ3v) is 6.45. The fourth-order valence-corrected chi connectivity index (χ4v) is 5.52. The molecule has 1 heterocycles. The number of alkyl halides is 3. The molecule has 20 heavy (non-hydrogen) atoms. The normalized spacial score (nSPS) is 18.1. The van der Waals surface area contributed by atoms with Gasteiger partial charge in [-0.05, 0) is 30.9 Å². The lowest BCUT2D eigenvalue weighted by atomic mass is 10.0. The van der Waals surface area contributed by atoms with Gasteiger partial charge in [0.15, 0.2) is 9.58 Å². The van der Waals surface area contributed by atoms with Crippen LogP contribution in [0.4, 0.5) is 13.2 Å². The molecule has 0 N–H and O–H groups in total. The summed E-state index contributed by atoms with van der Waals surface area (Å²) in [6.45, 7) is 2.00. The fraction of sp³-hybridized carbons (Fsp3) is 0.500. The highest BCUT2D eigenvalue weighted by molar-refractivity contribution is 7.38. The van der Waals surface area contributed by atoms with Crippen LogP contribution >= 0.6 is 10.5 Å². The Bertz CT molecular complexity index is 618. The summed E-state index contributed by atoms with van der Waals surface area (Å²) >= 11 is 0. The summed E-state index contributed by atoms with van der Waals surface area (Å²) in [6.07, 6.45) is 4.75. The Balaban J connectivity index is 2.27. The van der Waals surface area contributed by atoms with Crippen LogP contribution < -0.4 is 0 Å². The first kappa shape index (κ1) is 13.9. The monoisotopic (exact) mass is 299 g/mol. The van der Waals surface area contributed by atoms with Crippen LogP contribution in [0.5, 0.6) is 0 Å². The maximum Gasteiger partial charge on any atom is 0.600 e. The lowest BCUT2D eigenvalue weighted by molar-refractivity contribution is -0.0868. The summed E-state index contributed by atoms with van der Waals surface area (Å²) in [6, 6.07) is 7.25. The van der Waals surface area contributed by atoms with E-state index >= 15 is 0 Å². The van der Waals surface area contributed by atoms with E-state index in [9.17, 15) is 13.2 Å². The first-order valence-electron chi connectivity index (χ1n) is 7.17. The van der Waals surface area contributed by atoms with E-state index in [0.29, 0.717) is 9.58 Å². The average Bonchev–Trinajstić information content (AvgIpc) is 3.03. The van der Waals surface area contributed by atoms with Gasteiger partial charge >= 0.3 is 5.51 Å². The molecule has 1 atom stereocenters. The molecule has 3 rings (SSSR count). The van der Waals surface area contributed by atoms with Gasteiger partial charge in [-0.1, -0.05) is 31.9 Å². The van der Waals surface area contributed by atoms with Crippen LogP contribution in [0.2, 0.25) is 0 Å². The number of rotatable bonds is 2. The van der Waals surface area contributed by atoms with Crippen molar-refractivity contribution in [3.8, 4) is 0 Å². The lowest BCUT2D eigenvalue weighted by Gasteiger charge is -2.05. The summed E-state index contributed by atoms with van der Waals surface area (Å²) in [5, 5.41) is 0.845. The summed E-state index contributed by atoms with van der Waals surface area (Å²) in [5.74, 6) is 0.136. The van der Waals surface area contributed by atoms with Crippen LogP contribution in [0, 0.1) is 0 Å². The van der Waals surface area contributed by atoms with Crippen molar-refractivity contribution in [1.82, 2.24) is 0 Å². The Kier molecular flexibility index (Phi) is 3.53. The van der Waals surface area contributed by atoms with Gasteiger partial charge < -0.3 is 0 Å². The minimum Gasteiger partial charge on any atom is -0.118 e. The molecule has 4 heteroatoms. The van der Waals surface area contributed by atoms with Gasteiger partial charge in [-0.3, -0.25) is 0 Å². The zero-order chi connectivity index (χ0) is 14.3. The van der Waals surface area contributed by atoms with E-state index in [0.717, 1.165) is 43.1 Å². The van der Waals surface area contributed by atoms with Crippen molar-refractivity contribution in [3.05, 3.63) is 34.7 Å². The second-order valence-corrected chi connectivity index (χ2v) is 7.45. The average molecular weight is 299 g/mol. The second-order valence-electron chi connectivity index (χ2n) is 5.46. The molecular weight excluding hydrogens is 281 g/mol. The second kappa shape index (κ2) is 5.06. The molecule has 1 aliphatic rings. The Morgan fingerprint density at radius 3 is 2.50 bits per heavy atom. The molecule has 1 saturated carbocycles. The van der Waals surface area contributed by atoms with Crippen LogP contribution in [0.1, 0.15) is 49.0 Å². The van der Waals surface area contributed by atoms with Gasteiger partial charge in [0.2, 0.25) is 0 Å². The summed E-state index contributed by atoms with van der Waals surface area (Å²) in [5.41, 5.74) is -3.11. The predicted octanol–water partition coefficient (Wildman–Crippen LogP) is 6.29. The molecule has 1 fully saturated rings. The van der Waals surface area contributed by atoms with Crippen molar-refractivity contribution in [2.75, 3.05) is 0 Å². The fourth-order valence-electron chi connectivity index (χ4n) is 3.32. The van der Waals surface area contributed by atoms with E-state index in [1.165, 1.54) is 0 Å². The van der Waals surface area contributed by atoms with Gasteiger partial charge in [0, 0.05) is 17.4 Å². The number of hydrogen-bond donors (Lipinski definition) is 0. The molecule has 1 aromatic carbocycles. The number of thiophene rings is 1. The van der Waals surface area contributed by atoms with E-state index in [2.05, 4.69) is 0 Å². The number of benzene rings is 1. The molecule has 0 saturated heterocycles. The van der Waals surface area contributed by atoms with Gasteiger partial charge in [0.1, 0.15) is 0 Å². The molecule has 1 aliphatic carbocycles. The lowest BCUT2D eigenvalue weighted by Crippen LogP contribution is -2.00. The van der Waals surface area contributed by atoms with Gasteiger partial charge in [-0.2, -0.15) is 0 Å². The molecule has 1 unspecified atom stereocenters. The van der Waals surface area contributed by atoms with E-state index in [-0.39, 0.29) is 5.92 Å². The quantitative estimate of drug-likeness (QED) is 0.572. The smallest absolute Gasteiger partial charge is 0.118 e. The first-order valence-corrected chi connectivity index (χ1v) is 8.39. The van der Waals surface area contributed by atoms with E-state index in [1.54, 1.807) is 12.1 Å². The molecule has 2 aromatic rings. The Hall–Kier alpha value is -1.03. The predicted molar refractivity (Wildman–Crippen MR) is 78.3 cm³/mol. The van der Waals surface area contributed by atoms with Crippen molar-refractivity contribution < 1.29 is 13.2 Å². The van der Waals surface area contributed by atoms with Crippen LogP contribution in [0.3, 0.4) is 0 Å². The zero-order valence-electron chi connectivity index (χ0n) is 11.5. The van der Waals surface area contributed by atoms with E-state index in [4.69, 9.17) is 0 Å². The highest BCUT2D eigenvalue weighted by Gasteiger charge is 2.49. The summed E-state index contributed by atoms with van der Waals surface area (Å²) in [4.78, 5) is 0.644. The van der Waals surface area contributed by atoms with Crippen LogP contribution in [0.25, 0.3) is 10.1 Å². The number of hydrogen-bond acceptors (Lipinski definition) is 0. The molecule has 108 valence electrons.